The second-order valence-corrected chi connectivity index (χ2v) is 6.19. The zero-order chi connectivity index (χ0) is 16.7. The van der Waals surface area contributed by atoms with Gasteiger partial charge in [-0.15, -0.1) is 11.3 Å². The topological polar surface area (TPSA) is 78.9 Å². The van der Waals surface area contributed by atoms with E-state index in [4.69, 9.17) is 9.47 Å². The van der Waals surface area contributed by atoms with Gasteiger partial charge in [0, 0.05) is 28.4 Å². The molecule has 23 heavy (non-hydrogen) atoms. The molecule has 0 aliphatic rings. The Hall–Kier alpha value is -2.61. The number of imidazole rings is 1. The Kier molecular flexibility index (Phi) is 3.69. The molecule has 0 fully saturated rings. The van der Waals surface area contributed by atoms with Gasteiger partial charge in [0.15, 0.2) is 10.7 Å². The van der Waals surface area contributed by atoms with Crippen LogP contribution in [0.5, 0.6) is 11.5 Å². The first-order valence-corrected chi connectivity index (χ1v) is 7.63. The summed E-state index contributed by atoms with van der Waals surface area (Å²) < 4.78 is 12.5. The molecule has 1 aromatic carbocycles. The minimum Gasteiger partial charge on any atom is -0.496 e. The number of hydrogen-bond donors (Lipinski definition) is 0. The van der Waals surface area contributed by atoms with Crippen molar-refractivity contribution in [3.63, 3.8) is 0 Å². The van der Waals surface area contributed by atoms with E-state index >= 15 is 0 Å². The minimum absolute atomic E-state index is 0.138. The van der Waals surface area contributed by atoms with Crippen LogP contribution in [0, 0.1) is 24.0 Å². The quantitative estimate of drug-likeness (QED) is 0.538. The van der Waals surface area contributed by atoms with Gasteiger partial charge >= 0.3 is 5.69 Å². The van der Waals surface area contributed by atoms with E-state index in [9.17, 15) is 10.1 Å². The standard InChI is InChI=1S/C15H15N3O4S/c1-8-9(2)23-15-16-11(7-17(8)15)10-5-14(22-4)12(18(19)20)6-13(10)21-3/h5-7H,1-4H3. The number of thiazole rings is 1. The van der Waals surface area contributed by atoms with Gasteiger partial charge in [0.05, 0.1) is 30.9 Å². The number of rotatable bonds is 4. The van der Waals surface area contributed by atoms with Crippen LogP contribution in [0.3, 0.4) is 0 Å². The van der Waals surface area contributed by atoms with Crippen LogP contribution in [0.4, 0.5) is 5.69 Å². The lowest BCUT2D eigenvalue weighted by Crippen LogP contribution is -1.97. The molecule has 0 amide bonds. The predicted octanol–water partition coefficient (Wildman–Crippen LogP) is 3.61. The van der Waals surface area contributed by atoms with E-state index in [1.54, 1.807) is 17.4 Å². The number of aryl methyl sites for hydroxylation is 2. The molecule has 120 valence electrons. The van der Waals surface area contributed by atoms with Gasteiger partial charge in [-0.3, -0.25) is 14.5 Å². The van der Waals surface area contributed by atoms with Crippen molar-refractivity contribution < 1.29 is 14.4 Å². The van der Waals surface area contributed by atoms with E-state index in [0.717, 1.165) is 10.7 Å². The summed E-state index contributed by atoms with van der Waals surface area (Å²) >= 11 is 1.60. The summed E-state index contributed by atoms with van der Waals surface area (Å²) in [5.41, 5.74) is 2.32. The maximum Gasteiger partial charge on any atom is 0.314 e. The zero-order valence-electron chi connectivity index (χ0n) is 13.1. The SMILES string of the molecule is COc1cc([N+](=O)[O-])c(OC)cc1-c1cn2c(C)c(C)sc2n1. The van der Waals surface area contributed by atoms with Crippen molar-refractivity contribution in [3.8, 4) is 22.8 Å². The number of aromatic nitrogens is 2. The molecule has 0 aliphatic carbocycles. The van der Waals surface area contributed by atoms with E-state index in [-0.39, 0.29) is 11.4 Å². The molecular formula is C15H15N3O4S. The third-order valence-corrected chi connectivity index (χ3v) is 4.83. The number of nitrogens with zero attached hydrogens (tertiary/aromatic N) is 3. The Balaban J connectivity index is 2.22. The zero-order valence-corrected chi connectivity index (χ0v) is 13.9. The van der Waals surface area contributed by atoms with Gasteiger partial charge < -0.3 is 9.47 Å². The van der Waals surface area contributed by atoms with Gasteiger partial charge in [0.25, 0.3) is 0 Å². The van der Waals surface area contributed by atoms with Crippen LogP contribution >= 0.6 is 11.3 Å². The smallest absolute Gasteiger partial charge is 0.314 e. The fraction of sp³-hybridized carbons (Fsp3) is 0.267. The van der Waals surface area contributed by atoms with E-state index in [0.29, 0.717) is 17.0 Å². The highest BCUT2D eigenvalue weighted by molar-refractivity contribution is 7.17. The number of ether oxygens (including phenoxy) is 2. The van der Waals surface area contributed by atoms with E-state index < -0.39 is 4.92 Å². The third kappa shape index (κ3) is 2.40. The summed E-state index contributed by atoms with van der Waals surface area (Å²) in [6.07, 6.45) is 1.90. The monoisotopic (exact) mass is 333 g/mol. The van der Waals surface area contributed by atoms with E-state index in [1.807, 2.05) is 24.4 Å². The third-order valence-electron chi connectivity index (χ3n) is 3.76. The van der Waals surface area contributed by atoms with Crippen LogP contribution in [-0.4, -0.2) is 28.5 Å². The van der Waals surface area contributed by atoms with Crippen molar-refractivity contribution in [1.82, 2.24) is 9.38 Å². The van der Waals surface area contributed by atoms with Crippen LogP contribution in [0.15, 0.2) is 18.3 Å². The van der Waals surface area contributed by atoms with Crippen LogP contribution < -0.4 is 9.47 Å². The Morgan fingerprint density at radius 2 is 1.91 bits per heavy atom. The van der Waals surface area contributed by atoms with Crippen LogP contribution in [0.1, 0.15) is 10.6 Å². The summed E-state index contributed by atoms with van der Waals surface area (Å²) in [5, 5.41) is 11.1. The van der Waals surface area contributed by atoms with Gasteiger partial charge in [0.1, 0.15) is 5.75 Å². The molecule has 0 unspecified atom stereocenters. The molecule has 0 saturated carbocycles. The Labute approximate surface area is 136 Å². The Morgan fingerprint density at radius 3 is 2.48 bits per heavy atom. The molecular weight excluding hydrogens is 318 g/mol. The van der Waals surface area contributed by atoms with E-state index in [1.165, 1.54) is 25.2 Å². The molecule has 0 spiro atoms. The highest BCUT2D eigenvalue weighted by Crippen LogP contribution is 2.40. The van der Waals surface area contributed by atoms with Crippen molar-refractivity contribution in [2.75, 3.05) is 14.2 Å². The maximum absolute atomic E-state index is 11.1. The first-order valence-electron chi connectivity index (χ1n) is 6.82. The molecule has 8 heteroatoms. The van der Waals surface area contributed by atoms with Crippen LogP contribution in [-0.2, 0) is 0 Å². The van der Waals surface area contributed by atoms with Crippen LogP contribution in [0.2, 0.25) is 0 Å². The number of hydrogen-bond acceptors (Lipinski definition) is 6. The normalized spacial score (nSPS) is 11.0. The number of nitro groups is 1. The van der Waals surface area contributed by atoms with Crippen molar-refractivity contribution in [1.29, 1.82) is 0 Å². The van der Waals surface area contributed by atoms with Gasteiger partial charge in [-0.1, -0.05) is 0 Å². The lowest BCUT2D eigenvalue weighted by molar-refractivity contribution is -0.385. The first kappa shape index (κ1) is 15.3. The summed E-state index contributed by atoms with van der Waals surface area (Å²) in [4.78, 5) is 17.3. The second-order valence-electron chi connectivity index (χ2n) is 5.00. The van der Waals surface area contributed by atoms with Crippen molar-refractivity contribution >= 4 is 22.0 Å². The average molecular weight is 333 g/mol. The van der Waals surface area contributed by atoms with Gasteiger partial charge in [-0.05, 0) is 13.8 Å². The molecule has 0 N–H and O–H groups in total. The molecule has 0 bridgehead atoms. The fourth-order valence-electron chi connectivity index (χ4n) is 2.41. The molecule has 2 aromatic heterocycles. The number of benzene rings is 1. The molecule has 3 rings (SSSR count). The highest BCUT2D eigenvalue weighted by Gasteiger charge is 2.22. The second kappa shape index (κ2) is 5.54. The Morgan fingerprint density at radius 1 is 1.22 bits per heavy atom. The predicted molar refractivity (Wildman–Crippen MR) is 87.7 cm³/mol. The molecule has 2 heterocycles. The Bertz CT molecular complexity index is 913. The van der Waals surface area contributed by atoms with Crippen molar-refractivity contribution in [2.24, 2.45) is 0 Å². The van der Waals surface area contributed by atoms with Gasteiger partial charge in [-0.25, -0.2) is 4.98 Å². The fourth-order valence-corrected chi connectivity index (χ4v) is 3.36. The lowest BCUT2D eigenvalue weighted by Gasteiger charge is -2.09. The first-order chi connectivity index (χ1) is 11.0. The van der Waals surface area contributed by atoms with Crippen molar-refractivity contribution in [2.45, 2.75) is 13.8 Å². The number of nitro benzene ring substituents is 1. The lowest BCUT2D eigenvalue weighted by atomic mass is 10.1. The summed E-state index contributed by atoms with van der Waals surface area (Å²) in [6, 6.07) is 2.95. The highest BCUT2D eigenvalue weighted by atomic mass is 32.1. The van der Waals surface area contributed by atoms with Crippen molar-refractivity contribution in [3.05, 3.63) is 39.0 Å². The molecule has 0 saturated heterocycles. The molecule has 3 aromatic rings. The van der Waals surface area contributed by atoms with E-state index in [2.05, 4.69) is 4.98 Å². The number of fused-ring (bicyclic) bond motifs is 1. The number of methoxy groups -OCH3 is 2. The largest absolute Gasteiger partial charge is 0.496 e. The molecule has 7 nitrogen and oxygen atoms in total. The summed E-state index contributed by atoms with van der Waals surface area (Å²) in [5.74, 6) is 0.563. The van der Waals surface area contributed by atoms with Gasteiger partial charge in [0.2, 0.25) is 0 Å². The summed E-state index contributed by atoms with van der Waals surface area (Å²) in [7, 11) is 2.88. The molecule has 0 atom stereocenters. The summed E-state index contributed by atoms with van der Waals surface area (Å²) in [6.45, 7) is 4.07. The van der Waals surface area contributed by atoms with Gasteiger partial charge in [-0.2, -0.15) is 0 Å². The molecule has 0 radical (unpaired) electrons. The maximum atomic E-state index is 11.1. The van der Waals surface area contributed by atoms with Crippen LogP contribution in [0.25, 0.3) is 16.2 Å². The minimum atomic E-state index is -0.496. The molecule has 0 aliphatic heterocycles. The average Bonchev–Trinajstić information content (AvgIpc) is 3.06.